The van der Waals surface area contributed by atoms with Crippen LogP contribution in [0.1, 0.15) is 112 Å². The van der Waals surface area contributed by atoms with Gasteiger partial charge in [-0.2, -0.15) is 0 Å². The minimum atomic E-state index is -0.116. The lowest BCUT2D eigenvalue weighted by atomic mass is 9.71. The van der Waals surface area contributed by atoms with Crippen LogP contribution in [0.4, 0.5) is 0 Å². The number of rotatable bonds is 15. The van der Waals surface area contributed by atoms with E-state index in [9.17, 15) is 14.4 Å². The molecule has 3 heteroatoms. The molecular weight excluding hydrogens is 528 g/mol. The van der Waals surface area contributed by atoms with E-state index in [0.29, 0.717) is 6.42 Å². The summed E-state index contributed by atoms with van der Waals surface area (Å²) in [5, 5.41) is 0. The summed E-state index contributed by atoms with van der Waals surface area (Å²) < 4.78 is 0. The van der Waals surface area contributed by atoms with Gasteiger partial charge >= 0.3 is 0 Å². The normalized spacial score (nSPS) is 15.5. The van der Waals surface area contributed by atoms with Gasteiger partial charge in [0.05, 0.1) is 6.42 Å². The fraction of sp³-hybridized carbons (Fsp3) is 0.475. The van der Waals surface area contributed by atoms with Crippen LogP contribution >= 0.6 is 0 Å². The van der Waals surface area contributed by atoms with Crippen LogP contribution in [0.15, 0.2) is 78.9 Å². The third-order valence-electron chi connectivity index (χ3n) is 8.64. The summed E-state index contributed by atoms with van der Waals surface area (Å²) in [6.45, 7) is 7.83. The van der Waals surface area contributed by atoms with Crippen LogP contribution in [0.3, 0.4) is 0 Å². The van der Waals surface area contributed by atoms with E-state index in [2.05, 4.69) is 87.5 Å². The summed E-state index contributed by atoms with van der Waals surface area (Å²) in [6, 6.07) is 27.3. The van der Waals surface area contributed by atoms with Crippen molar-refractivity contribution in [1.29, 1.82) is 0 Å². The number of benzene rings is 3. The molecule has 0 aliphatic heterocycles. The molecule has 43 heavy (non-hydrogen) atoms. The van der Waals surface area contributed by atoms with E-state index >= 15 is 0 Å². The Morgan fingerprint density at radius 2 is 1.40 bits per heavy atom. The van der Waals surface area contributed by atoms with Crippen molar-refractivity contribution < 1.29 is 14.4 Å². The highest BCUT2D eigenvalue weighted by atomic mass is 16.1. The van der Waals surface area contributed by atoms with E-state index in [1.54, 1.807) is 0 Å². The Labute approximate surface area is 260 Å². The molecule has 4 rings (SSSR count). The lowest BCUT2D eigenvalue weighted by Crippen LogP contribution is -2.30. The molecular formula is C40H52O3. The second kappa shape index (κ2) is 18.4. The van der Waals surface area contributed by atoms with Crippen molar-refractivity contribution in [3.8, 4) is 0 Å². The molecule has 0 heterocycles. The predicted molar refractivity (Wildman–Crippen MR) is 179 cm³/mol. The van der Waals surface area contributed by atoms with Crippen LogP contribution < -0.4 is 0 Å². The summed E-state index contributed by atoms with van der Waals surface area (Å²) in [5.74, 6) is 0.593. The third-order valence-corrected chi connectivity index (χ3v) is 8.64. The van der Waals surface area contributed by atoms with Crippen LogP contribution in [-0.4, -0.2) is 17.3 Å². The number of hydrogen-bond donors (Lipinski definition) is 0. The predicted octanol–water partition coefficient (Wildman–Crippen LogP) is 9.63. The van der Waals surface area contributed by atoms with Crippen LogP contribution in [0.2, 0.25) is 0 Å². The molecule has 3 aromatic carbocycles. The Morgan fingerprint density at radius 3 is 2.00 bits per heavy atom. The van der Waals surface area contributed by atoms with Gasteiger partial charge in [-0.1, -0.05) is 112 Å². The maximum Gasteiger partial charge on any atom is 0.163 e. The molecule has 0 saturated heterocycles. The highest BCUT2D eigenvalue weighted by Gasteiger charge is 2.33. The van der Waals surface area contributed by atoms with Crippen molar-refractivity contribution in [2.45, 2.75) is 105 Å². The van der Waals surface area contributed by atoms with Gasteiger partial charge in [0.25, 0.3) is 0 Å². The minimum absolute atomic E-state index is 0.0240. The highest BCUT2D eigenvalue weighted by Crippen LogP contribution is 2.37. The Morgan fingerprint density at radius 1 is 0.767 bits per heavy atom. The molecule has 0 spiro atoms. The van der Waals surface area contributed by atoms with Gasteiger partial charge in [-0.15, -0.1) is 0 Å². The van der Waals surface area contributed by atoms with E-state index in [0.717, 1.165) is 74.5 Å². The molecule has 1 aliphatic carbocycles. The van der Waals surface area contributed by atoms with Crippen molar-refractivity contribution in [2.75, 3.05) is 0 Å². The van der Waals surface area contributed by atoms with Crippen LogP contribution in [-0.2, 0) is 35.3 Å². The maximum atomic E-state index is 13.5. The van der Waals surface area contributed by atoms with Gasteiger partial charge in [0.2, 0.25) is 0 Å². The molecule has 1 aliphatic rings. The number of carbonyl (C=O) groups is 3. The van der Waals surface area contributed by atoms with E-state index in [4.69, 9.17) is 0 Å². The van der Waals surface area contributed by atoms with E-state index < -0.39 is 0 Å². The lowest BCUT2D eigenvalue weighted by molar-refractivity contribution is -0.129. The molecule has 3 unspecified atom stereocenters. The zero-order valence-corrected chi connectivity index (χ0v) is 26.9. The van der Waals surface area contributed by atoms with E-state index in [1.807, 2.05) is 12.1 Å². The van der Waals surface area contributed by atoms with Gasteiger partial charge in [0.1, 0.15) is 11.6 Å². The van der Waals surface area contributed by atoms with Gasteiger partial charge in [-0.05, 0) is 92.4 Å². The molecule has 3 atom stereocenters. The summed E-state index contributed by atoms with van der Waals surface area (Å²) in [6.07, 6.45) is 10.2. The molecule has 0 aromatic heterocycles. The van der Waals surface area contributed by atoms with Crippen molar-refractivity contribution in [3.05, 3.63) is 107 Å². The summed E-state index contributed by atoms with van der Waals surface area (Å²) in [5.41, 5.74) is 5.89. The number of unbranched alkanes of at least 4 members (excludes halogenated alkanes) is 1. The first-order chi connectivity index (χ1) is 20.9. The van der Waals surface area contributed by atoms with Gasteiger partial charge in [0.15, 0.2) is 5.78 Å². The maximum absolute atomic E-state index is 13.5. The Bertz CT molecular complexity index is 1280. The van der Waals surface area contributed by atoms with Crippen molar-refractivity contribution in [3.63, 3.8) is 0 Å². The van der Waals surface area contributed by atoms with Gasteiger partial charge in [0, 0.05) is 17.9 Å². The highest BCUT2D eigenvalue weighted by molar-refractivity contribution is 6.00. The molecule has 0 fully saturated rings. The Hall–Kier alpha value is -3.33. The quantitative estimate of drug-likeness (QED) is 0.133. The number of hydrogen-bond acceptors (Lipinski definition) is 3. The number of aryl methyl sites for hydroxylation is 3. The lowest BCUT2D eigenvalue weighted by Gasteiger charge is -2.32. The van der Waals surface area contributed by atoms with Crippen LogP contribution in [0, 0.1) is 17.8 Å². The fourth-order valence-electron chi connectivity index (χ4n) is 6.72. The average molecular weight is 581 g/mol. The third kappa shape index (κ3) is 11.0. The fourth-order valence-corrected chi connectivity index (χ4v) is 6.72. The second-order valence-corrected chi connectivity index (χ2v) is 12.4. The van der Waals surface area contributed by atoms with Crippen LogP contribution in [0.5, 0.6) is 0 Å². The molecule has 0 bridgehead atoms. The topological polar surface area (TPSA) is 51.2 Å². The molecule has 230 valence electrons. The average Bonchev–Trinajstić information content (AvgIpc) is 2.99. The zero-order chi connectivity index (χ0) is 31.0. The summed E-state index contributed by atoms with van der Waals surface area (Å²) in [7, 11) is 0. The molecule has 0 amide bonds. The number of carbonyl (C=O) groups excluding carboxylic acids is 3. The van der Waals surface area contributed by atoms with Gasteiger partial charge in [-0.3, -0.25) is 14.4 Å². The first-order valence-electron chi connectivity index (χ1n) is 16.6. The SMILES string of the molecule is CCC.CCC(C(=O)CC(C)=O)C(CCCCc1ccccc1)CC1CC(=O)c2c(CCc3ccccc3)cccc2C1. The molecule has 0 saturated carbocycles. The second-order valence-electron chi connectivity index (χ2n) is 12.4. The largest absolute Gasteiger partial charge is 0.300 e. The summed E-state index contributed by atoms with van der Waals surface area (Å²) >= 11 is 0. The first-order valence-corrected chi connectivity index (χ1v) is 16.6. The van der Waals surface area contributed by atoms with Gasteiger partial charge < -0.3 is 0 Å². The number of ketones is 3. The number of Topliss-reactive ketones (excluding diaryl/α,β-unsaturated/α-hetero) is 3. The van der Waals surface area contributed by atoms with E-state index in [1.165, 1.54) is 24.5 Å². The first kappa shape index (κ1) is 34.2. The monoisotopic (exact) mass is 580 g/mol. The number of fused-ring (bicyclic) bond motifs is 1. The van der Waals surface area contributed by atoms with Gasteiger partial charge in [-0.25, -0.2) is 0 Å². The molecule has 3 aromatic rings. The van der Waals surface area contributed by atoms with Crippen molar-refractivity contribution in [2.24, 2.45) is 17.8 Å². The van der Waals surface area contributed by atoms with Crippen LogP contribution in [0.25, 0.3) is 0 Å². The minimum Gasteiger partial charge on any atom is -0.300 e. The molecule has 3 nitrogen and oxygen atoms in total. The zero-order valence-electron chi connectivity index (χ0n) is 26.9. The molecule has 0 N–H and O–H groups in total. The standard InChI is InChI=1S/C37H44O3.C3H8/c1-3-34(35(39)23-27(2)38)32(18-11-10-17-28-13-6-4-7-14-28)24-30-25-33-20-12-19-31(37(33)36(40)26-30)22-21-29-15-8-5-9-16-29;1-3-2/h4-9,12-16,19-20,30,32,34H,3,10-11,17-18,21-26H2,1-2H3;3H2,1-2H3. The van der Waals surface area contributed by atoms with E-state index in [-0.39, 0.29) is 41.5 Å². The molecule has 0 radical (unpaired) electrons. The summed E-state index contributed by atoms with van der Waals surface area (Å²) in [4.78, 5) is 38.5. The van der Waals surface area contributed by atoms with Crippen molar-refractivity contribution >= 4 is 17.3 Å². The smallest absolute Gasteiger partial charge is 0.163 e. The Kier molecular flexibility index (Phi) is 14.6. The Balaban J connectivity index is 0.00000162. The van der Waals surface area contributed by atoms with Crippen molar-refractivity contribution in [1.82, 2.24) is 0 Å².